The minimum absolute atomic E-state index is 1.08. The van der Waals surface area contributed by atoms with Crippen LogP contribution in [0.2, 0.25) is 0 Å². The average Bonchev–Trinajstić information content (AvgIpc) is 2.54. The minimum Gasteiger partial charge on any atom is -0.375 e. The van der Waals surface area contributed by atoms with E-state index >= 15 is 0 Å². The Morgan fingerprint density at radius 1 is 0.826 bits per heavy atom. The molecule has 0 bridgehead atoms. The van der Waals surface area contributed by atoms with Crippen molar-refractivity contribution < 1.29 is 4.57 Å². The summed E-state index contributed by atoms with van der Waals surface area (Å²) >= 11 is 0. The van der Waals surface area contributed by atoms with Gasteiger partial charge in [-0.1, -0.05) is 24.3 Å². The first-order chi connectivity index (χ1) is 11.0. The molecule has 1 aromatic carbocycles. The van der Waals surface area contributed by atoms with Crippen molar-refractivity contribution in [2.45, 2.75) is 6.42 Å². The molecular weight excluding hydrogens is 282 g/mol. The maximum atomic E-state index is 2.31. The molecule has 0 saturated heterocycles. The molecule has 0 saturated carbocycles. The molecular formula is C20H28N3+. The highest BCUT2D eigenvalue weighted by atomic mass is 15.1. The van der Waals surface area contributed by atoms with Gasteiger partial charge in [-0.15, -0.1) is 0 Å². The van der Waals surface area contributed by atoms with Gasteiger partial charge in [0.1, 0.15) is 7.05 Å². The van der Waals surface area contributed by atoms with Crippen molar-refractivity contribution in [2.24, 2.45) is 7.05 Å². The van der Waals surface area contributed by atoms with Gasteiger partial charge in [-0.05, 0) is 50.3 Å². The van der Waals surface area contributed by atoms with Gasteiger partial charge >= 0.3 is 0 Å². The van der Waals surface area contributed by atoms with E-state index in [1.165, 1.54) is 23.2 Å². The van der Waals surface area contributed by atoms with Crippen LogP contribution in [-0.2, 0) is 7.05 Å². The molecule has 3 nitrogen and oxygen atoms in total. The summed E-state index contributed by atoms with van der Waals surface area (Å²) < 4.78 is 2.04. The molecule has 23 heavy (non-hydrogen) atoms. The lowest BCUT2D eigenvalue weighted by Gasteiger charge is -2.20. The van der Waals surface area contributed by atoms with Crippen LogP contribution in [-0.4, -0.2) is 39.1 Å². The molecule has 122 valence electrons. The highest BCUT2D eigenvalue weighted by molar-refractivity contribution is 5.70. The third-order valence-corrected chi connectivity index (χ3v) is 3.91. The lowest BCUT2D eigenvalue weighted by Crippen LogP contribution is -2.25. The van der Waals surface area contributed by atoms with Gasteiger partial charge < -0.3 is 9.80 Å². The standard InChI is InChI=1S/C20H28N3/c1-21(2)14-5-15-23(4)20-10-8-18(9-11-20)6-7-19-12-16-22(3)17-13-19/h6-13,16-17H,5,14-15H2,1-4H3/q+1. The second kappa shape index (κ2) is 8.49. The fourth-order valence-corrected chi connectivity index (χ4v) is 2.41. The number of benzene rings is 1. The number of pyridine rings is 1. The van der Waals surface area contributed by atoms with Gasteiger partial charge in [0.25, 0.3) is 0 Å². The van der Waals surface area contributed by atoms with Crippen molar-refractivity contribution in [3.05, 3.63) is 59.9 Å². The second-order valence-electron chi connectivity index (χ2n) is 6.30. The van der Waals surface area contributed by atoms with Crippen LogP contribution in [0.5, 0.6) is 0 Å². The fourth-order valence-electron chi connectivity index (χ4n) is 2.41. The predicted molar refractivity (Wildman–Crippen MR) is 99.4 cm³/mol. The predicted octanol–water partition coefficient (Wildman–Crippen LogP) is 3.07. The largest absolute Gasteiger partial charge is 0.375 e. The molecule has 0 spiro atoms. The molecule has 0 aliphatic rings. The Morgan fingerprint density at radius 2 is 1.39 bits per heavy atom. The summed E-state index contributed by atoms with van der Waals surface area (Å²) in [6.45, 7) is 2.20. The topological polar surface area (TPSA) is 10.4 Å². The van der Waals surface area contributed by atoms with Gasteiger partial charge in [0, 0.05) is 31.4 Å². The van der Waals surface area contributed by atoms with Crippen LogP contribution in [0.3, 0.4) is 0 Å². The maximum Gasteiger partial charge on any atom is 0.169 e. The highest BCUT2D eigenvalue weighted by Crippen LogP contribution is 2.16. The Kier molecular flexibility index (Phi) is 6.36. The van der Waals surface area contributed by atoms with Gasteiger partial charge in [-0.2, -0.15) is 0 Å². The van der Waals surface area contributed by atoms with Gasteiger partial charge in [0.05, 0.1) is 0 Å². The number of aryl methyl sites for hydroxylation is 1. The Hall–Kier alpha value is -2.13. The van der Waals surface area contributed by atoms with Crippen LogP contribution in [0, 0.1) is 0 Å². The monoisotopic (exact) mass is 310 g/mol. The zero-order valence-electron chi connectivity index (χ0n) is 14.7. The number of nitrogens with zero attached hydrogens (tertiary/aromatic N) is 3. The highest BCUT2D eigenvalue weighted by Gasteiger charge is 2.01. The molecule has 1 heterocycles. The van der Waals surface area contributed by atoms with Crippen LogP contribution in [0.1, 0.15) is 17.5 Å². The van der Waals surface area contributed by atoms with Crippen LogP contribution >= 0.6 is 0 Å². The van der Waals surface area contributed by atoms with E-state index in [4.69, 9.17) is 0 Å². The Balaban J connectivity index is 1.92. The summed E-state index contributed by atoms with van der Waals surface area (Å²) in [5.41, 5.74) is 3.71. The molecule has 0 atom stereocenters. The summed E-state index contributed by atoms with van der Waals surface area (Å²) in [5.74, 6) is 0. The van der Waals surface area contributed by atoms with Gasteiger partial charge in [0.2, 0.25) is 0 Å². The van der Waals surface area contributed by atoms with E-state index in [1.807, 2.05) is 11.6 Å². The van der Waals surface area contributed by atoms with Crippen molar-refractivity contribution in [1.82, 2.24) is 4.90 Å². The molecule has 0 amide bonds. The fraction of sp³-hybridized carbons (Fsp3) is 0.350. The molecule has 3 heteroatoms. The summed E-state index contributed by atoms with van der Waals surface area (Å²) in [7, 11) is 8.42. The van der Waals surface area contributed by atoms with E-state index in [-0.39, 0.29) is 0 Å². The molecule has 0 radical (unpaired) electrons. The quantitative estimate of drug-likeness (QED) is 0.728. The van der Waals surface area contributed by atoms with Gasteiger partial charge in [0.15, 0.2) is 12.4 Å². The van der Waals surface area contributed by atoms with Crippen molar-refractivity contribution in [3.8, 4) is 0 Å². The zero-order valence-corrected chi connectivity index (χ0v) is 14.7. The SMILES string of the molecule is CN(C)CCCN(C)c1ccc(/C=C/c2cc[n+](C)cc2)cc1. The molecule has 0 fully saturated rings. The number of hydrogen-bond donors (Lipinski definition) is 0. The lowest BCUT2D eigenvalue weighted by atomic mass is 10.1. The molecule has 2 aromatic rings. The third kappa shape index (κ3) is 5.87. The van der Waals surface area contributed by atoms with Crippen LogP contribution < -0.4 is 9.47 Å². The van der Waals surface area contributed by atoms with E-state index in [1.54, 1.807) is 0 Å². The van der Waals surface area contributed by atoms with Crippen LogP contribution in [0.4, 0.5) is 5.69 Å². The summed E-state index contributed by atoms with van der Waals surface area (Å²) in [6, 6.07) is 13.0. The second-order valence-corrected chi connectivity index (χ2v) is 6.30. The summed E-state index contributed by atoms with van der Waals surface area (Å²) in [5, 5.41) is 0. The van der Waals surface area contributed by atoms with E-state index < -0.39 is 0 Å². The van der Waals surface area contributed by atoms with Crippen molar-refractivity contribution >= 4 is 17.8 Å². The van der Waals surface area contributed by atoms with Crippen LogP contribution in [0.25, 0.3) is 12.2 Å². The summed E-state index contributed by atoms with van der Waals surface area (Å²) in [4.78, 5) is 4.54. The first kappa shape index (κ1) is 17.2. The smallest absolute Gasteiger partial charge is 0.169 e. The van der Waals surface area contributed by atoms with E-state index in [0.29, 0.717) is 0 Å². The van der Waals surface area contributed by atoms with E-state index in [0.717, 1.165) is 13.1 Å². The molecule has 1 aromatic heterocycles. The van der Waals surface area contributed by atoms with Gasteiger partial charge in [-0.25, -0.2) is 4.57 Å². The Morgan fingerprint density at radius 3 is 1.96 bits per heavy atom. The van der Waals surface area contributed by atoms with E-state index in [9.17, 15) is 0 Å². The number of anilines is 1. The zero-order chi connectivity index (χ0) is 16.7. The number of rotatable bonds is 7. The molecule has 0 aliphatic heterocycles. The number of hydrogen-bond acceptors (Lipinski definition) is 2. The minimum atomic E-state index is 1.08. The number of aromatic nitrogens is 1. The first-order valence-corrected chi connectivity index (χ1v) is 8.14. The Bertz CT molecular complexity index is 612. The molecule has 2 rings (SSSR count). The van der Waals surface area contributed by atoms with Crippen molar-refractivity contribution in [3.63, 3.8) is 0 Å². The normalized spacial score (nSPS) is 11.3. The van der Waals surface area contributed by atoms with Crippen LogP contribution in [0.15, 0.2) is 48.8 Å². The van der Waals surface area contributed by atoms with Crippen molar-refractivity contribution in [1.29, 1.82) is 0 Å². The Labute approximate surface area is 140 Å². The maximum absolute atomic E-state index is 2.31. The summed E-state index contributed by atoms with van der Waals surface area (Å²) in [6.07, 6.45) is 9.61. The lowest BCUT2D eigenvalue weighted by molar-refractivity contribution is -0.671. The third-order valence-electron chi connectivity index (χ3n) is 3.91. The van der Waals surface area contributed by atoms with Crippen molar-refractivity contribution in [2.75, 3.05) is 39.1 Å². The molecule has 0 aliphatic carbocycles. The average molecular weight is 310 g/mol. The molecule has 0 N–H and O–H groups in total. The molecule has 0 unspecified atom stereocenters. The first-order valence-electron chi connectivity index (χ1n) is 8.14. The van der Waals surface area contributed by atoms with E-state index in [2.05, 4.69) is 91.9 Å². The van der Waals surface area contributed by atoms with Gasteiger partial charge in [-0.3, -0.25) is 0 Å².